The van der Waals surface area contributed by atoms with E-state index in [-0.39, 0.29) is 11.5 Å². The molecule has 0 radical (unpaired) electrons. The lowest BCUT2D eigenvalue weighted by Gasteiger charge is -2.45. The van der Waals surface area contributed by atoms with Gasteiger partial charge >= 0.3 is 0 Å². The van der Waals surface area contributed by atoms with Gasteiger partial charge in [-0.15, -0.1) is 0 Å². The summed E-state index contributed by atoms with van der Waals surface area (Å²) in [5.41, 5.74) is 15.0. The van der Waals surface area contributed by atoms with Crippen LogP contribution in [-0.4, -0.2) is 6.54 Å². The van der Waals surface area contributed by atoms with E-state index in [0.29, 0.717) is 6.54 Å². The van der Waals surface area contributed by atoms with Crippen molar-refractivity contribution >= 4 is 0 Å². The molecule has 2 heteroatoms. The molecule has 0 saturated heterocycles. The third-order valence-corrected chi connectivity index (χ3v) is 4.16. The molecular weight excluding hydrogens is 196 g/mol. The molecule has 1 aliphatic carbocycles. The topological polar surface area (TPSA) is 52.0 Å². The first-order chi connectivity index (χ1) is 7.72. The highest BCUT2D eigenvalue weighted by atomic mass is 14.8. The Bertz CT molecular complexity index is 333. The Hall–Kier alpha value is -0.860. The summed E-state index contributed by atoms with van der Waals surface area (Å²) in [7, 11) is 0. The lowest BCUT2D eigenvalue weighted by Crippen LogP contribution is -2.46. The van der Waals surface area contributed by atoms with Crippen LogP contribution >= 0.6 is 0 Å². The number of rotatable bonds is 4. The van der Waals surface area contributed by atoms with Crippen molar-refractivity contribution in [2.75, 3.05) is 6.54 Å². The fourth-order valence-electron chi connectivity index (χ4n) is 2.59. The number of benzene rings is 1. The average molecular weight is 218 g/mol. The van der Waals surface area contributed by atoms with Gasteiger partial charge in [-0.1, -0.05) is 37.6 Å². The largest absolute Gasteiger partial charge is 0.330 e. The Kier molecular flexibility index (Phi) is 3.31. The molecular formula is C14H22N2. The van der Waals surface area contributed by atoms with Crippen LogP contribution in [0.1, 0.15) is 43.4 Å². The zero-order valence-corrected chi connectivity index (χ0v) is 10.1. The Morgan fingerprint density at radius 1 is 1.25 bits per heavy atom. The van der Waals surface area contributed by atoms with E-state index in [0.717, 1.165) is 6.42 Å². The van der Waals surface area contributed by atoms with Crippen molar-refractivity contribution in [2.24, 2.45) is 16.9 Å². The highest BCUT2D eigenvalue weighted by Gasteiger charge is 2.41. The number of nitrogens with two attached hydrogens (primary N) is 2. The lowest BCUT2D eigenvalue weighted by atomic mass is 9.62. The van der Waals surface area contributed by atoms with Gasteiger partial charge in [-0.05, 0) is 36.9 Å². The second kappa shape index (κ2) is 4.56. The molecule has 0 heterocycles. The van der Waals surface area contributed by atoms with E-state index in [1.54, 1.807) is 0 Å². The zero-order chi connectivity index (χ0) is 11.6. The van der Waals surface area contributed by atoms with Gasteiger partial charge in [0, 0.05) is 11.5 Å². The van der Waals surface area contributed by atoms with Crippen LogP contribution in [0.4, 0.5) is 0 Å². The first kappa shape index (κ1) is 11.6. The Morgan fingerprint density at radius 2 is 1.88 bits per heavy atom. The van der Waals surface area contributed by atoms with E-state index in [1.807, 2.05) is 0 Å². The molecule has 0 amide bonds. The molecule has 1 atom stereocenters. The smallest absolute Gasteiger partial charge is 0.0364 e. The third kappa shape index (κ3) is 1.87. The normalized spacial score (nSPS) is 20.2. The van der Waals surface area contributed by atoms with Crippen LogP contribution in [0.3, 0.4) is 0 Å². The molecule has 4 N–H and O–H groups in total. The maximum atomic E-state index is 6.36. The summed E-state index contributed by atoms with van der Waals surface area (Å²) >= 11 is 0. The van der Waals surface area contributed by atoms with Crippen LogP contribution in [0.2, 0.25) is 0 Å². The van der Waals surface area contributed by atoms with E-state index >= 15 is 0 Å². The highest BCUT2D eigenvalue weighted by molar-refractivity contribution is 5.27. The van der Waals surface area contributed by atoms with Crippen LogP contribution in [0, 0.1) is 5.41 Å². The number of hydrogen-bond donors (Lipinski definition) is 2. The summed E-state index contributed by atoms with van der Waals surface area (Å²) in [6.45, 7) is 2.88. The molecule has 1 fully saturated rings. The second-order valence-corrected chi connectivity index (χ2v) is 4.99. The predicted octanol–water partition coefficient (Wildman–Crippen LogP) is 2.38. The minimum absolute atomic E-state index is 0.108. The second-order valence-electron chi connectivity index (χ2n) is 4.99. The summed E-state index contributed by atoms with van der Waals surface area (Å²) in [6, 6.07) is 8.80. The van der Waals surface area contributed by atoms with Crippen LogP contribution < -0.4 is 11.5 Å². The third-order valence-electron chi connectivity index (χ3n) is 4.16. The summed E-state index contributed by atoms with van der Waals surface area (Å²) in [4.78, 5) is 0. The van der Waals surface area contributed by atoms with E-state index in [1.165, 1.54) is 30.4 Å². The summed E-state index contributed by atoms with van der Waals surface area (Å²) in [5.74, 6) is 0. The predicted molar refractivity (Wildman–Crippen MR) is 68.1 cm³/mol. The minimum atomic E-state index is 0.108. The van der Waals surface area contributed by atoms with E-state index in [4.69, 9.17) is 11.5 Å². The SMILES string of the molecule is CCc1ccc(C(N)C2(CN)CCC2)cc1. The van der Waals surface area contributed by atoms with Crippen LogP contribution in [0.25, 0.3) is 0 Å². The fourth-order valence-corrected chi connectivity index (χ4v) is 2.59. The zero-order valence-electron chi connectivity index (χ0n) is 10.1. The molecule has 0 bridgehead atoms. The van der Waals surface area contributed by atoms with Crippen LogP contribution in [0.5, 0.6) is 0 Å². The lowest BCUT2D eigenvalue weighted by molar-refractivity contribution is 0.105. The van der Waals surface area contributed by atoms with Crippen LogP contribution in [0.15, 0.2) is 24.3 Å². The molecule has 0 spiro atoms. The van der Waals surface area contributed by atoms with Gasteiger partial charge in [0.25, 0.3) is 0 Å². The van der Waals surface area contributed by atoms with Crippen LogP contribution in [-0.2, 0) is 6.42 Å². The molecule has 1 unspecified atom stereocenters. The van der Waals surface area contributed by atoms with Crippen molar-refractivity contribution in [3.05, 3.63) is 35.4 Å². The first-order valence-electron chi connectivity index (χ1n) is 6.26. The van der Waals surface area contributed by atoms with Gasteiger partial charge in [0.15, 0.2) is 0 Å². The summed E-state index contributed by atoms with van der Waals surface area (Å²) in [5, 5.41) is 0. The number of aryl methyl sites for hydroxylation is 1. The minimum Gasteiger partial charge on any atom is -0.330 e. The maximum absolute atomic E-state index is 6.36. The average Bonchev–Trinajstić information content (AvgIpc) is 2.28. The van der Waals surface area contributed by atoms with Crippen molar-refractivity contribution < 1.29 is 0 Å². The van der Waals surface area contributed by atoms with Gasteiger partial charge in [-0.2, -0.15) is 0 Å². The quantitative estimate of drug-likeness (QED) is 0.815. The molecule has 0 aromatic heterocycles. The fraction of sp³-hybridized carbons (Fsp3) is 0.571. The van der Waals surface area contributed by atoms with Gasteiger partial charge < -0.3 is 11.5 Å². The molecule has 1 aromatic carbocycles. The first-order valence-corrected chi connectivity index (χ1v) is 6.26. The molecule has 2 rings (SSSR count). The van der Waals surface area contributed by atoms with Crippen molar-refractivity contribution in [2.45, 2.75) is 38.6 Å². The van der Waals surface area contributed by atoms with Gasteiger partial charge in [0.1, 0.15) is 0 Å². The number of hydrogen-bond acceptors (Lipinski definition) is 2. The summed E-state index contributed by atoms with van der Waals surface area (Å²) < 4.78 is 0. The molecule has 2 nitrogen and oxygen atoms in total. The van der Waals surface area contributed by atoms with Gasteiger partial charge in [-0.3, -0.25) is 0 Å². The van der Waals surface area contributed by atoms with E-state index in [9.17, 15) is 0 Å². The monoisotopic (exact) mass is 218 g/mol. The van der Waals surface area contributed by atoms with E-state index < -0.39 is 0 Å². The molecule has 0 aliphatic heterocycles. The Balaban J connectivity index is 2.16. The van der Waals surface area contributed by atoms with Crippen molar-refractivity contribution in [3.8, 4) is 0 Å². The van der Waals surface area contributed by atoms with Gasteiger partial charge in [0.2, 0.25) is 0 Å². The molecule has 1 aromatic rings. The molecule has 1 saturated carbocycles. The van der Waals surface area contributed by atoms with Gasteiger partial charge in [-0.25, -0.2) is 0 Å². The maximum Gasteiger partial charge on any atom is 0.0364 e. The van der Waals surface area contributed by atoms with Gasteiger partial charge in [0.05, 0.1) is 0 Å². The Morgan fingerprint density at radius 3 is 2.25 bits per heavy atom. The van der Waals surface area contributed by atoms with E-state index in [2.05, 4.69) is 31.2 Å². The molecule has 16 heavy (non-hydrogen) atoms. The van der Waals surface area contributed by atoms with Crippen molar-refractivity contribution in [3.63, 3.8) is 0 Å². The van der Waals surface area contributed by atoms with Crippen molar-refractivity contribution in [1.29, 1.82) is 0 Å². The molecule has 1 aliphatic rings. The molecule has 88 valence electrons. The highest BCUT2D eigenvalue weighted by Crippen LogP contribution is 2.48. The van der Waals surface area contributed by atoms with Crippen molar-refractivity contribution in [1.82, 2.24) is 0 Å². The standard InChI is InChI=1S/C14H22N2/c1-2-11-4-6-12(7-5-11)13(16)14(10-15)8-3-9-14/h4-7,13H,2-3,8-10,15-16H2,1H3. The summed E-state index contributed by atoms with van der Waals surface area (Å²) in [6.07, 6.45) is 4.72. The Labute approximate surface area is 98.0 Å².